The molecule has 0 saturated carbocycles. The summed E-state index contributed by atoms with van der Waals surface area (Å²) in [5.41, 5.74) is 2.23. The van der Waals surface area contributed by atoms with Crippen molar-refractivity contribution < 1.29 is 9.53 Å². The van der Waals surface area contributed by atoms with E-state index in [0.717, 1.165) is 5.52 Å². The number of nitrogens with zero attached hydrogens (tertiary/aromatic N) is 1. The van der Waals surface area contributed by atoms with Crippen molar-refractivity contribution in [2.45, 2.75) is 12.8 Å². The number of carbonyl (C=O) groups is 1. The summed E-state index contributed by atoms with van der Waals surface area (Å²) in [4.78, 5) is 16.3. The molecule has 0 unspecified atom stereocenters. The van der Waals surface area contributed by atoms with E-state index in [4.69, 9.17) is 10.00 Å². The van der Waals surface area contributed by atoms with Gasteiger partial charge in [-0.2, -0.15) is 5.26 Å². The van der Waals surface area contributed by atoms with Gasteiger partial charge in [-0.1, -0.05) is 24.3 Å². The van der Waals surface area contributed by atoms with E-state index in [2.05, 4.69) is 22.4 Å². The van der Waals surface area contributed by atoms with Gasteiger partial charge in [-0.15, -0.1) is 11.3 Å². The highest BCUT2D eigenvalue weighted by atomic mass is 32.1. The molecule has 0 radical (unpaired) electrons. The Balaban J connectivity index is 1.85. The third-order valence-corrected chi connectivity index (χ3v) is 5.05. The van der Waals surface area contributed by atoms with Gasteiger partial charge >= 0.3 is 5.97 Å². The molecule has 2 N–H and O–H groups in total. The van der Waals surface area contributed by atoms with Crippen LogP contribution in [0.15, 0.2) is 59.7 Å². The van der Waals surface area contributed by atoms with Crippen LogP contribution >= 0.6 is 11.3 Å². The lowest BCUT2D eigenvalue weighted by Crippen LogP contribution is -2.19. The van der Waals surface area contributed by atoms with Crippen LogP contribution in [0.25, 0.3) is 10.9 Å². The molecule has 1 atom stereocenters. The molecular formula is C20H19N3O2S. The van der Waals surface area contributed by atoms with Gasteiger partial charge in [-0.25, -0.2) is 4.79 Å². The van der Waals surface area contributed by atoms with E-state index in [1.54, 1.807) is 18.3 Å². The number of ether oxygens (including phenoxy) is 1. The third-order valence-electron chi connectivity index (χ3n) is 4.07. The first-order valence-corrected chi connectivity index (χ1v) is 9.22. The molecule has 6 heteroatoms. The maximum Gasteiger partial charge on any atom is 0.350 e. The summed E-state index contributed by atoms with van der Waals surface area (Å²) < 4.78 is 4.88. The Kier molecular flexibility index (Phi) is 5.72. The lowest BCUT2D eigenvalue weighted by atomic mass is 9.97. The number of nitrogens with one attached hydrogen (secondary N) is 2. The molecule has 1 aromatic carbocycles. The molecule has 0 aliphatic carbocycles. The average Bonchev–Trinajstić information content (AvgIpc) is 3.32. The smallest absolute Gasteiger partial charge is 0.350 e. The van der Waals surface area contributed by atoms with Crippen LogP contribution in [0.4, 0.5) is 0 Å². The lowest BCUT2D eigenvalue weighted by molar-refractivity contribution is -0.138. The number of hydrogen-bond acceptors (Lipinski definition) is 5. The van der Waals surface area contributed by atoms with Gasteiger partial charge in [0.05, 0.1) is 6.61 Å². The number of rotatable bonds is 7. The maximum absolute atomic E-state index is 11.7. The van der Waals surface area contributed by atoms with Crippen molar-refractivity contribution in [1.82, 2.24) is 10.3 Å². The van der Waals surface area contributed by atoms with Gasteiger partial charge in [0.1, 0.15) is 6.07 Å². The second kappa shape index (κ2) is 8.37. The Morgan fingerprint density at radius 2 is 2.23 bits per heavy atom. The number of carbonyl (C=O) groups excluding carboxylic acids is 1. The quantitative estimate of drug-likeness (QED) is 0.378. The molecule has 0 fully saturated rings. The molecule has 0 saturated heterocycles. The molecule has 132 valence electrons. The summed E-state index contributed by atoms with van der Waals surface area (Å²) in [6, 6.07) is 14.2. The highest BCUT2D eigenvalue weighted by Crippen LogP contribution is 2.32. The molecular weight excluding hydrogens is 346 g/mol. The summed E-state index contributed by atoms with van der Waals surface area (Å²) in [6.45, 7) is 2.52. The van der Waals surface area contributed by atoms with Crippen molar-refractivity contribution in [3.63, 3.8) is 0 Å². The Morgan fingerprint density at radius 3 is 2.96 bits per heavy atom. The van der Waals surface area contributed by atoms with Crippen LogP contribution < -0.4 is 5.32 Å². The number of aromatic nitrogens is 1. The van der Waals surface area contributed by atoms with Crippen molar-refractivity contribution >= 4 is 28.2 Å². The minimum atomic E-state index is -0.609. The number of aromatic amines is 1. The summed E-state index contributed by atoms with van der Waals surface area (Å²) in [5.74, 6) is -0.508. The van der Waals surface area contributed by atoms with E-state index in [-0.39, 0.29) is 18.1 Å². The van der Waals surface area contributed by atoms with E-state index in [1.165, 1.54) is 22.0 Å². The monoisotopic (exact) mass is 365 g/mol. The van der Waals surface area contributed by atoms with Gasteiger partial charge in [0.15, 0.2) is 5.57 Å². The third kappa shape index (κ3) is 3.79. The Labute approximate surface area is 155 Å². The molecule has 3 rings (SSSR count). The fourth-order valence-corrected chi connectivity index (χ4v) is 3.71. The standard InChI is InChI=1S/C20H19N3O2S/c1-2-25-20(24)14(10-21)11-22-12-17(19-8-5-9-26-19)16-13-23-18-7-4-3-6-15(16)18/h3-9,11,13,17,22-23H,2,12H2,1H3/b14-11-/t17-/m1/s1. The minimum absolute atomic E-state index is 0.0318. The summed E-state index contributed by atoms with van der Waals surface area (Å²) in [5, 5.41) is 15.5. The normalized spacial score (nSPS) is 12.5. The molecule has 26 heavy (non-hydrogen) atoms. The highest BCUT2D eigenvalue weighted by molar-refractivity contribution is 7.10. The molecule has 2 aromatic heterocycles. The number of esters is 1. The maximum atomic E-state index is 11.7. The first-order valence-electron chi connectivity index (χ1n) is 8.34. The molecule has 3 aromatic rings. The molecule has 0 spiro atoms. The van der Waals surface area contributed by atoms with Crippen LogP contribution in [-0.4, -0.2) is 24.1 Å². The first kappa shape index (κ1) is 17.8. The van der Waals surface area contributed by atoms with E-state index in [1.807, 2.05) is 41.9 Å². The number of fused-ring (bicyclic) bond motifs is 1. The fraction of sp³-hybridized carbons (Fsp3) is 0.200. The highest BCUT2D eigenvalue weighted by Gasteiger charge is 2.19. The largest absolute Gasteiger partial charge is 0.462 e. The van der Waals surface area contributed by atoms with E-state index < -0.39 is 5.97 Å². The number of para-hydroxylation sites is 1. The number of benzene rings is 1. The van der Waals surface area contributed by atoms with Gasteiger partial charge in [0.2, 0.25) is 0 Å². The molecule has 0 aliphatic heterocycles. The van der Waals surface area contributed by atoms with Gasteiger partial charge in [0, 0.05) is 40.6 Å². The predicted octanol–water partition coefficient (Wildman–Crippen LogP) is 3.92. The second-order valence-electron chi connectivity index (χ2n) is 5.66. The van der Waals surface area contributed by atoms with Crippen molar-refractivity contribution in [3.05, 3.63) is 70.2 Å². The summed E-state index contributed by atoms with van der Waals surface area (Å²) in [7, 11) is 0. The van der Waals surface area contributed by atoms with Crippen LogP contribution in [0, 0.1) is 11.3 Å². The van der Waals surface area contributed by atoms with Gasteiger partial charge in [0.25, 0.3) is 0 Å². The zero-order chi connectivity index (χ0) is 18.4. The molecule has 0 amide bonds. The van der Waals surface area contributed by atoms with Crippen LogP contribution in [0.5, 0.6) is 0 Å². The van der Waals surface area contributed by atoms with Crippen LogP contribution in [0.3, 0.4) is 0 Å². The van der Waals surface area contributed by atoms with E-state index in [9.17, 15) is 4.79 Å². The number of thiophene rings is 1. The SMILES string of the molecule is CCOC(=O)/C(C#N)=C\NC[C@@H](c1cccs1)c1c[nH]c2ccccc12. The second-order valence-corrected chi connectivity index (χ2v) is 6.64. The average molecular weight is 365 g/mol. The minimum Gasteiger partial charge on any atom is -0.462 e. The van der Waals surface area contributed by atoms with Gasteiger partial charge in [-0.3, -0.25) is 0 Å². The van der Waals surface area contributed by atoms with Crippen molar-refractivity contribution in [2.75, 3.05) is 13.2 Å². The molecule has 0 bridgehead atoms. The Bertz CT molecular complexity index is 951. The molecule has 2 heterocycles. The van der Waals surface area contributed by atoms with E-state index >= 15 is 0 Å². The lowest BCUT2D eigenvalue weighted by Gasteiger charge is -2.15. The predicted molar refractivity (Wildman–Crippen MR) is 103 cm³/mol. The molecule has 0 aliphatic rings. The van der Waals surface area contributed by atoms with Crippen LogP contribution in [0.1, 0.15) is 23.3 Å². The summed E-state index contributed by atoms with van der Waals surface area (Å²) in [6.07, 6.45) is 3.46. The summed E-state index contributed by atoms with van der Waals surface area (Å²) >= 11 is 1.69. The van der Waals surface area contributed by atoms with Gasteiger partial charge in [-0.05, 0) is 30.0 Å². The van der Waals surface area contributed by atoms with Gasteiger partial charge < -0.3 is 15.0 Å². The van der Waals surface area contributed by atoms with Crippen molar-refractivity contribution in [3.8, 4) is 6.07 Å². The fourth-order valence-electron chi connectivity index (χ4n) is 2.86. The zero-order valence-corrected chi connectivity index (χ0v) is 15.2. The topological polar surface area (TPSA) is 77.9 Å². The van der Waals surface area contributed by atoms with Crippen LogP contribution in [0.2, 0.25) is 0 Å². The zero-order valence-electron chi connectivity index (χ0n) is 14.4. The Morgan fingerprint density at radius 1 is 1.38 bits per heavy atom. The van der Waals surface area contributed by atoms with Crippen molar-refractivity contribution in [2.24, 2.45) is 0 Å². The Hall–Kier alpha value is -3.04. The molecule has 5 nitrogen and oxygen atoms in total. The number of hydrogen-bond donors (Lipinski definition) is 2. The number of nitriles is 1. The van der Waals surface area contributed by atoms with E-state index in [0.29, 0.717) is 6.54 Å². The first-order chi connectivity index (χ1) is 12.7. The number of H-pyrrole nitrogens is 1. The van der Waals surface area contributed by atoms with Crippen molar-refractivity contribution in [1.29, 1.82) is 5.26 Å². The van der Waals surface area contributed by atoms with Crippen LogP contribution in [-0.2, 0) is 9.53 Å².